The van der Waals surface area contributed by atoms with Crippen LogP contribution in [-0.2, 0) is 13.7 Å². The number of para-hydroxylation sites is 1. The minimum atomic E-state index is 0.270. The molecule has 8 heteroatoms. The Labute approximate surface area is 154 Å². The van der Waals surface area contributed by atoms with Crippen molar-refractivity contribution in [1.29, 1.82) is 0 Å². The lowest BCUT2D eigenvalue weighted by molar-refractivity contribution is 0.283. The Balaban J connectivity index is 1.67. The van der Waals surface area contributed by atoms with Gasteiger partial charge in [0.15, 0.2) is 11.5 Å². The molecule has 5 aromatic rings. The summed E-state index contributed by atoms with van der Waals surface area (Å²) in [5, 5.41) is 14.6. The predicted octanol–water partition coefficient (Wildman–Crippen LogP) is 2.68. The van der Waals surface area contributed by atoms with Crippen LogP contribution in [0, 0.1) is 0 Å². The van der Waals surface area contributed by atoms with Gasteiger partial charge in [0.25, 0.3) is 0 Å². The molecule has 0 amide bonds. The van der Waals surface area contributed by atoms with E-state index in [-0.39, 0.29) is 6.61 Å². The molecule has 27 heavy (non-hydrogen) atoms. The summed E-state index contributed by atoms with van der Waals surface area (Å²) in [5.74, 6) is 1.23. The number of fused-ring (bicyclic) bond motifs is 3. The summed E-state index contributed by atoms with van der Waals surface area (Å²) in [6.45, 7) is 0.270. The van der Waals surface area contributed by atoms with Gasteiger partial charge in [0.1, 0.15) is 18.5 Å². The van der Waals surface area contributed by atoms with Gasteiger partial charge in [0.05, 0.1) is 5.69 Å². The van der Waals surface area contributed by atoms with Crippen LogP contribution in [0.3, 0.4) is 0 Å². The largest absolute Gasteiger partial charge is 0.469 e. The minimum Gasteiger partial charge on any atom is -0.469 e. The van der Waals surface area contributed by atoms with Gasteiger partial charge in [-0.2, -0.15) is 14.8 Å². The third kappa shape index (κ3) is 2.58. The molecule has 0 radical (unpaired) electrons. The molecule has 0 aliphatic rings. The summed E-state index contributed by atoms with van der Waals surface area (Å²) in [5.41, 5.74) is 2.27. The molecule has 2 aromatic carbocycles. The molecule has 0 spiro atoms. The van der Waals surface area contributed by atoms with Crippen LogP contribution in [0.5, 0.6) is 5.88 Å². The van der Waals surface area contributed by atoms with Crippen LogP contribution in [0.4, 0.5) is 0 Å². The van der Waals surface area contributed by atoms with Crippen LogP contribution in [-0.4, -0.2) is 34.7 Å². The van der Waals surface area contributed by atoms with E-state index in [1.165, 1.54) is 6.33 Å². The molecular formula is C19H15N7O. The van der Waals surface area contributed by atoms with E-state index in [1.807, 2.05) is 61.6 Å². The summed E-state index contributed by atoms with van der Waals surface area (Å²) in [6.07, 6.45) is 1.50. The Bertz CT molecular complexity index is 1240. The first-order chi connectivity index (χ1) is 13.3. The lowest BCUT2D eigenvalue weighted by Gasteiger charge is -2.09. The molecule has 0 atom stereocenters. The molecule has 5 rings (SSSR count). The zero-order chi connectivity index (χ0) is 18.2. The normalized spacial score (nSPS) is 11.3. The number of rotatable bonds is 4. The lowest BCUT2D eigenvalue weighted by Crippen LogP contribution is -2.06. The second-order valence-electron chi connectivity index (χ2n) is 6.06. The maximum Gasteiger partial charge on any atom is 0.224 e. The van der Waals surface area contributed by atoms with E-state index in [2.05, 4.69) is 20.4 Å². The third-order valence-corrected chi connectivity index (χ3v) is 4.41. The first-order valence-electron chi connectivity index (χ1n) is 8.46. The van der Waals surface area contributed by atoms with E-state index in [0.717, 1.165) is 27.8 Å². The number of benzene rings is 2. The molecule has 0 unspecified atom stereocenters. The van der Waals surface area contributed by atoms with Crippen molar-refractivity contribution in [2.24, 2.45) is 7.05 Å². The van der Waals surface area contributed by atoms with Gasteiger partial charge in [-0.05, 0) is 18.2 Å². The fourth-order valence-corrected chi connectivity index (χ4v) is 3.02. The SMILES string of the molecule is Cn1ncnc1COc1nc2c(nnn2-c2ccccc2)c2ccccc12. The molecule has 0 aliphatic heterocycles. The van der Waals surface area contributed by atoms with Crippen LogP contribution < -0.4 is 4.74 Å². The minimum absolute atomic E-state index is 0.270. The van der Waals surface area contributed by atoms with Gasteiger partial charge in [0, 0.05) is 17.8 Å². The predicted molar refractivity (Wildman–Crippen MR) is 99.5 cm³/mol. The summed E-state index contributed by atoms with van der Waals surface area (Å²) in [4.78, 5) is 8.92. The zero-order valence-corrected chi connectivity index (χ0v) is 14.5. The number of ether oxygens (including phenoxy) is 1. The standard InChI is InChI=1S/C19H15N7O/c1-25-16(20-12-21-25)11-27-19-15-10-6-5-9-14(15)17-18(22-19)26(24-23-17)13-7-3-2-4-8-13/h2-10,12H,11H2,1H3. The highest BCUT2D eigenvalue weighted by molar-refractivity contribution is 6.04. The maximum absolute atomic E-state index is 6.01. The Kier molecular flexibility index (Phi) is 3.53. The number of nitrogens with zero attached hydrogens (tertiary/aromatic N) is 7. The Morgan fingerprint density at radius 1 is 0.963 bits per heavy atom. The second kappa shape index (κ2) is 6.17. The quantitative estimate of drug-likeness (QED) is 0.492. The van der Waals surface area contributed by atoms with Crippen LogP contribution in [0.2, 0.25) is 0 Å². The first kappa shape index (κ1) is 15.4. The van der Waals surface area contributed by atoms with Crippen molar-refractivity contribution < 1.29 is 4.74 Å². The third-order valence-electron chi connectivity index (χ3n) is 4.41. The van der Waals surface area contributed by atoms with Gasteiger partial charge in [0.2, 0.25) is 5.88 Å². The number of pyridine rings is 1. The molecule has 132 valence electrons. The Hall–Kier alpha value is -3.81. The summed E-state index contributed by atoms with van der Waals surface area (Å²) in [6, 6.07) is 17.7. The molecule has 3 aromatic heterocycles. The van der Waals surface area contributed by atoms with Gasteiger partial charge in [-0.1, -0.05) is 41.6 Å². The van der Waals surface area contributed by atoms with E-state index in [4.69, 9.17) is 9.72 Å². The van der Waals surface area contributed by atoms with Crippen molar-refractivity contribution in [2.45, 2.75) is 6.61 Å². The fourth-order valence-electron chi connectivity index (χ4n) is 3.02. The van der Waals surface area contributed by atoms with Crippen molar-refractivity contribution in [2.75, 3.05) is 0 Å². The molecule has 0 saturated carbocycles. The summed E-state index contributed by atoms with van der Waals surface area (Å²) < 4.78 is 9.41. The van der Waals surface area contributed by atoms with Crippen LogP contribution >= 0.6 is 0 Å². The summed E-state index contributed by atoms with van der Waals surface area (Å²) in [7, 11) is 1.83. The van der Waals surface area contributed by atoms with Gasteiger partial charge in [-0.25, -0.2) is 4.98 Å². The van der Waals surface area contributed by atoms with Gasteiger partial charge >= 0.3 is 0 Å². The number of aryl methyl sites for hydroxylation is 1. The molecule has 8 nitrogen and oxygen atoms in total. The van der Waals surface area contributed by atoms with Crippen LogP contribution in [0.25, 0.3) is 27.6 Å². The lowest BCUT2D eigenvalue weighted by atomic mass is 10.1. The number of hydrogen-bond donors (Lipinski definition) is 0. The van der Waals surface area contributed by atoms with Gasteiger partial charge in [-0.3, -0.25) is 4.68 Å². The first-order valence-corrected chi connectivity index (χ1v) is 8.46. The van der Waals surface area contributed by atoms with E-state index in [0.29, 0.717) is 11.5 Å². The second-order valence-corrected chi connectivity index (χ2v) is 6.06. The van der Waals surface area contributed by atoms with E-state index in [1.54, 1.807) is 9.36 Å². The highest BCUT2D eigenvalue weighted by Crippen LogP contribution is 2.30. The Morgan fingerprint density at radius 2 is 1.74 bits per heavy atom. The average molecular weight is 357 g/mol. The molecule has 0 aliphatic carbocycles. The number of aromatic nitrogens is 7. The summed E-state index contributed by atoms with van der Waals surface area (Å²) >= 11 is 0. The zero-order valence-electron chi connectivity index (χ0n) is 14.5. The Morgan fingerprint density at radius 3 is 2.52 bits per heavy atom. The highest BCUT2D eigenvalue weighted by atomic mass is 16.5. The van der Waals surface area contributed by atoms with Crippen LogP contribution in [0.1, 0.15) is 5.82 Å². The van der Waals surface area contributed by atoms with Crippen molar-refractivity contribution in [3.05, 3.63) is 66.7 Å². The molecule has 0 saturated heterocycles. The van der Waals surface area contributed by atoms with Crippen molar-refractivity contribution in [1.82, 2.24) is 34.7 Å². The average Bonchev–Trinajstić information content (AvgIpc) is 3.33. The van der Waals surface area contributed by atoms with Crippen molar-refractivity contribution >= 4 is 21.9 Å². The molecule has 3 heterocycles. The molecular weight excluding hydrogens is 342 g/mol. The van der Waals surface area contributed by atoms with E-state index < -0.39 is 0 Å². The molecule has 0 N–H and O–H groups in total. The van der Waals surface area contributed by atoms with Gasteiger partial charge < -0.3 is 4.74 Å². The van der Waals surface area contributed by atoms with Gasteiger partial charge in [-0.15, -0.1) is 5.10 Å². The monoisotopic (exact) mass is 357 g/mol. The van der Waals surface area contributed by atoms with Crippen molar-refractivity contribution in [3.8, 4) is 11.6 Å². The fraction of sp³-hybridized carbons (Fsp3) is 0.105. The molecule has 0 bridgehead atoms. The van der Waals surface area contributed by atoms with E-state index >= 15 is 0 Å². The molecule has 0 fully saturated rings. The smallest absolute Gasteiger partial charge is 0.224 e. The van der Waals surface area contributed by atoms with E-state index in [9.17, 15) is 0 Å². The highest BCUT2D eigenvalue weighted by Gasteiger charge is 2.16. The maximum atomic E-state index is 6.01. The van der Waals surface area contributed by atoms with Crippen LogP contribution in [0.15, 0.2) is 60.9 Å². The number of hydrogen-bond acceptors (Lipinski definition) is 6. The van der Waals surface area contributed by atoms with Crippen molar-refractivity contribution in [3.63, 3.8) is 0 Å². The topological polar surface area (TPSA) is 83.5 Å².